The van der Waals surface area contributed by atoms with Gasteiger partial charge in [-0.25, -0.2) is 0 Å². The Morgan fingerprint density at radius 1 is 1.00 bits per heavy atom. The summed E-state index contributed by atoms with van der Waals surface area (Å²) in [5, 5.41) is 7.03. The lowest BCUT2D eigenvalue weighted by atomic mass is 9.95. The fraction of sp³-hybridized carbons (Fsp3) is 1.00. The summed E-state index contributed by atoms with van der Waals surface area (Å²) in [5.41, 5.74) is 0. The lowest BCUT2D eigenvalue weighted by Crippen LogP contribution is -2.34. The second-order valence-corrected chi connectivity index (χ2v) is 5.46. The van der Waals surface area contributed by atoms with Gasteiger partial charge in [0.2, 0.25) is 0 Å². The van der Waals surface area contributed by atoms with E-state index in [1.807, 2.05) is 0 Å². The van der Waals surface area contributed by atoms with Crippen molar-refractivity contribution in [3.63, 3.8) is 0 Å². The van der Waals surface area contributed by atoms with Crippen LogP contribution in [-0.2, 0) is 4.74 Å². The van der Waals surface area contributed by atoms with Crippen LogP contribution >= 0.6 is 0 Å². The predicted molar refractivity (Wildman–Crippen MR) is 71.3 cm³/mol. The van der Waals surface area contributed by atoms with E-state index in [4.69, 9.17) is 4.74 Å². The lowest BCUT2D eigenvalue weighted by Gasteiger charge is -2.24. The Kier molecular flexibility index (Phi) is 6.32. The standard InChI is InChI=1S/C14H28N2O/c1-2-5-13(6-3-1)16-9-4-12-17-14-7-10-15-11-8-14/h13-16H,1-12H2. The monoisotopic (exact) mass is 240 g/mol. The molecule has 0 aromatic rings. The zero-order valence-corrected chi connectivity index (χ0v) is 11.0. The normalized spacial score (nSPS) is 24.0. The minimum atomic E-state index is 0.519. The first-order chi connectivity index (χ1) is 8.45. The van der Waals surface area contributed by atoms with Gasteiger partial charge in [-0.05, 0) is 51.7 Å². The van der Waals surface area contributed by atoms with Gasteiger partial charge in [0.25, 0.3) is 0 Å². The van der Waals surface area contributed by atoms with Crippen molar-refractivity contribution >= 4 is 0 Å². The molecule has 0 bridgehead atoms. The van der Waals surface area contributed by atoms with E-state index in [9.17, 15) is 0 Å². The first kappa shape index (κ1) is 13.3. The van der Waals surface area contributed by atoms with Crippen molar-refractivity contribution in [3.8, 4) is 0 Å². The maximum Gasteiger partial charge on any atom is 0.0599 e. The molecule has 100 valence electrons. The zero-order valence-electron chi connectivity index (χ0n) is 11.0. The van der Waals surface area contributed by atoms with Gasteiger partial charge in [-0.1, -0.05) is 19.3 Å². The van der Waals surface area contributed by atoms with Crippen LogP contribution < -0.4 is 10.6 Å². The van der Waals surface area contributed by atoms with Crippen LogP contribution in [0.25, 0.3) is 0 Å². The smallest absolute Gasteiger partial charge is 0.0599 e. The number of hydrogen-bond acceptors (Lipinski definition) is 3. The molecule has 1 aliphatic heterocycles. The summed E-state index contributed by atoms with van der Waals surface area (Å²) in [7, 11) is 0. The van der Waals surface area contributed by atoms with Crippen LogP contribution in [-0.4, -0.2) is 38.4 Å². The highest BCUT2D eigenvalue weighted by Crippen LogP contribution is 2.17. The van der Waals surface area contributed by atoms with Crippen LogP contribution in [0.2, 0.25) is 0 Å². The van der Waals surface area contributed by atoms with Crippen molar-refractivity contribution in [1.29, 1.82) is 0 Å². The fourth-order valence-corrected chi connectivity index (χ4v) is 2.90. The second-order valence-electron chi connectivity index (χ2n) is 5.46. The fourth-order valence-electron chi connectivity index (χ4n) is 2.90. The van der Waals surface area contributed by atoms with E-state index in [-0.39, 0.29) is 0 Å². The molecule has 1 saturated heterocycles. The molecule has 1 aliphatic carbocycles. The minimum Gasteiger partial charge on any atom is -0.378 e. The Labute approximate surface area is 106 Å². The molecular weight excluding hydrogens is 212 g/mol. The molecule has 3 nitrogen and oxygen atoms in total. The first-order valence-electron chi connectivity index (χ1n) is 7.51. The molecule has 2 fully saturated rings. The molecule has 0 unspecified atom stereocenters. The molecule has 0 aromatic carbocycles. The molecule has 1 saturated carbocycles. The maximum absolute atomic E-state index is 5.89. The molecule has 2 N–H and O–H groups in total. The first-order valence-corrected chi connectivity index (χ1v) is 7.51. The summed E-state index contributed by atoms with van der Waals surface area (Å²) < 4.78 is 5.89. The van der Waals surface area contributed by atoms with Crippen molar-refractivity contribution in [3.05, 3.63) is 0 Å². The van der Waals surface area contributed by atoms with Gasteiger partial charge in [-0.2, -0.15) is 0 Å². The van der Waals surface area contributed by atoms with E-state index in [1.165, 1.54) is 51.4 Å². The van der Waals surface area contributed by atoms with E-state index < -0.39 is 0 Å². The van der Waals surface area contributed by atoms with Crippen LogP contribution in [0.4, 0.5) is 0 Å². The van der Waals surface area contributed by atoms with Gasteiger partial charge in [0.1, 0.15) is 0 Å². The van der Waals surface area contributed by atoms with Gasteiger partial charge in [-0.3, -0.25) is 0 Å². The highest BCUT2D eigenvalue weighted by atomic mass is 16.5. The molecule has 17 heavy (non-hydrogen) atoms. The average Bonchev–Trinajstić information content (AvgIpc) is 2.41. The molecule has 0 aromatic heterocycles. The third-order valence-electron chi connectivity index (χ3n) is 4.00. The number of rotatable bonds is 6. The van der Waals surface area contributed by atoms with Crippen molar-refractivity contribution in [2.45, 2.75) is 63.5 Å². The summed E-state index contributed by atoms with van der Waals surface area (Å²) in [4.78, 5) is 0. The largest absolute Gasteiger partial charge is 0.378 e. The Morgan fingerprint density at radius 3 is 2.53 bits per heavy atom. The summed E-state index contributed by atoms with van der Waals surface area (Å²) >= 11 is 0. The molecule has 1 heterocycles. The number of nitrogens with one attached hydrogen (secondary N) is 2. The molecule has 0 spiro atoms. The molecule has 0 radical (unpaired) electrons. The number of piperidine rings is 1. The Hall–Kier alpha value is -0.120. The Bertz CT molecular complexity index is 167. The maximum atomic E-state index is 5.89. The predicted octanol–water partition coefficient (Wildman–Crippen LogP) is 2.07. The zero-order chi connectivity index (χ0) is 11.8. The SMILES string of the molecule is C1CCC(NCCCOC2CCNCC2)CC1. The van der Waals surface area contributed by atoms with Gasteiger partial charge in [0.05, 0.1) is 6.10 Å². The van der Waals surface area contributed by atoms with Crippen LogP contribution in [0.3, 0.4) is 0 Å². The van der Waals surface area contributed by atoms with Crippen LogP contribution in [0, 0.1) is 0 Å². The molecule has 2 aliphatic rings. The Morgan fingerprint density at radius 2 is 1.76 bits per heavy atom. The molecule has 0 atom stereocenters. The van der Waals surface area contributed by atoms with E-state index in [0.29, 0.717) is 6.10 Å². The van der Waals surface area contributed by atoms with E-state index in [0.717, 1.165) is 32.3 Å². The van der Waals surface area contributed by atoms with Gasteiger partial charge >= 0.3 is 0 Å². The summed E-state index contributed by atoms with van der Waals surface area (Å²) in [5.74, 6) is 0. The van der Waals surface area contributed by atoms with Gasteiger partial charge < -0.3 is 15.4 Å². The van der Waals surface area contributed by atoms with Crippen molar-refractivity contribution in [2.75, 3.05) is 26.2 Å². The topological polar surface area (TPSA) is 33.3 Å². The van der Waals surface area contributed by atoms with E-state index in [1.54, 1.807) is 0 Å². The Balaban J connectivity index is 1.42. The molecule has 2 rings (SSSR count). The number of ether oxygens (including phenoxy) is 1. The van der Waals surface area contributed by atoms with Crippen molar-refractivity contribution < 1.29 is 4.74 Å². The van der Waals surface area contributed by atoms with Gasteiger partial charge in [0.15, 0.2) is 0 Å². The van der Waals surface area contributed by atoms with Gasteiger partial charge in [-0.15, -0.1) is 0 Å². The molecule has 0 amide bonds. The van der Waals surface area contributed by atoms with E-state index in [2.05, 4.69) is 10.6 Å². The minimum absolute atomic E-state index is 0.519. The number of hydrogen-bond donors (Lipinski definition) is 2. The average molecular weight is 240 g/mol. The summed E-state index contributed by atoms with van der Waals surface area (Å²) in [6, 6.07) is 0.794. The summed E-state index contributed by atoms with van der Waals surface area (Å²) in [6.45, 7) is 4.33. The third-order valence-corrected chi connectivity index (χ3v) is 4.00. The third kappa shape index (κ3) is 5.36. The summed E-state index contributed by atoms with van der Waals surface area (Å²) in [6.07, 6.45) is 11.1. The molecule has 3 heteroatoms. The van der Waals surface area contributed by atoms with Crippen LogP contribution in [0.15, 0.2) is 0 Å². The van der Waals surface area contributed by atoms with Gasteiger partial charge in [0, 0.05) is 12.6 Å². The quantitative estimate of drug-likeness (QED) is 0.697. The van der Waals surface area contributed by atoms with E-state index >= 15 is 0 Å². The van der Waals surface area contributed by atoms with Crippen molar-refractivity contribution in [1.82, 2.24) is 10.6 Å². The highest BCUT2D eigenvalue weighted by Gasteiger charge is 2.13. The van der Waals surface area contributed by atoms with Crippen LogP contribution in [0.5, 0.6) is 0 Å². The molecular formula is C14H28N2O. The lowest BCUT2D eigenvalue weighted by molar-refractivity contribution is 0.0314. The highest BCUT2D eigenvalue weighted by molar-refractivity contribution is 4.72. The second kappa shape index (κ2) is 8.06. The van der Waals surface area contributed by atoms with Crippen molar-refractivity contribution in [2.24, 2.45) is 0 Å². The van der Waals surface area contributed by atoms with Crippen LogP contribution in [0.1, 0.15) is 51.4 Å².